The Morgan fingerprint density at radius 3 is 2.32 bits per heavy atom. The Balaban J connectivity index is 1.50. The SMILES string of the molecule is CC1=C(C(=O)OCc2ccccc2)[C@@H](c2ccncc2)C2=C(C[C@@H](c3ccccc3)CC2=O)N1. The average molecular weight is 451 g/mol. The highest BCUT2D eigenvalue weighted by atomic mass is 16.5. The van der Waals surface area contributed by atoms with Crippen LogP contribution >= 0.6 is 0 Å². The maximum atomic E-state index is 13.6. The Hall–Kier alpha value is -3.99. The molecule has 0 saturated heterocycles. The summed E-state index contributed by atoms with van der Waals surface area (Å²) >= 11 is 0. The molecule has 2 aliphatic rings. The standard InChI is InChI=1S/C29H26N2O3/c1-19-26(29(33)34-18-20-8-4-2-5-9-20)27(22-12-14-30-15-13-22)28-24(31-19)16-23(17-25(28)32)21-10-6-3-7-11-21/h2-15,23,27,31H,16-18H2,1H3/t23-,27-/m1/s1. The summed E-state index contributed by atoms with van der Waals surface area (Å²) < 4.78 is 5.71. The number of benzene rings is 2. The third kappa shape index (κ3) is 4.29. The number of nitrogens with one attached hydrogen (secondary N) is 1. The van der Waals surface area contributed by atoms with Gasteiger partial charge >= 0.3 is 5.97 Å². The van der Waals surface area contributed by atoms with Crippen LogP contribution in [-0.2, 0) is 20.9 Å². The first-order valence-corrected chi connectivity index (χ1v) is 11.5. The van der Waals surface area contributed by atoms with Crippen LogP contribution in [0.1, 0.15) is 48.3 Å². The van der Waals surface area contributed by atoms with E-state index in [1.165, 1.54) is 0 Å². The lowest BCUT2D eigenvalue weighted by molar-refractivity contribution is -0.140. The van der Waals surface area contributed by atoms with Crippen LogP contribution < -0.4 is 5.32 Å². The summed E-state index contributed by atoms with van der Waals surface area (Å²) in [4.78, 5) is 31.1. The van der Waals surface area contributed by atoms with Gasteiger partial charge in [0, 0.05) is 41.7 Å². The first-order valence-electron chi connectivity index (χ1n) is 11.5. The number of hydrogen-bond acceptors (Lipinski definition) is 5. The quantitative estimate of drug-likeness (QED) is 0.542. The number of ketones is 1. The molecule has 0 radical (unpaired) electrons. The molecule has 0 amide bonds. The Morgan fingerprint density at radius 2 is 1.62 bits per heavy atom. The minimum absolute atomic E-state index is 0.0604. The van der Waals surface area contributed by atoms with Gasteiger partial charge in [0.25, 0.3) is 0 Å². The normalized spacial score (nSPS) is 20.0. The third-order valence-electron chi connectivity index (χ3n) is 6.57. The maximum Gasteiger partial charge on any atom is 0.337 e. The Morgan fingerprint density at radius 1 is 0.941 bits per heavy atom. The van der Waals surface area contributed by atoms with E-state index in [1.807, 2.05) is 67.6 Å². The molecule has 0 saturated carbocycles. The molecule has 34 heavy (non-hydrogen) atoms. The molecule has 5 heteroatoms. The summed E-state index contributed by atoms with van der Waals surface area (Å²) in [6.07, 6.45) is 4.52. The fraction of sp³-hybridized carbons (Fsp3) is 0.207. The number of allylic oxidation sites excluding steroid dienone is 3. The van der Waals surface area contributed by atoms with Gasteiger partial charge in [0.05, 0.1) is 5.57 Å². The van der Waals surface area contributed by atoms with Gasteiger partial charge in [-0.3, -0.25) is 9.78 Å². The van der Waals surface area contributed by atoms with Crippen molar-refractivity contribution in [2.45, 2.75) is 38.2 Å². The lowest BCUT2D eigenvalue weighted by atomic mass is 9.72. The number of esters is 1. The van der Waals surface area contributed by atoms with Crippen LogP contribution in [0.15, 0.2) is 108 Å². The Labute approximate surface area is 199 Å². The molecule has 5 nitrogen and oxygen atoms in total. The minimum atomic E-state index is -0.480. The van der Waals surface area contributed by atoms with Crippen molar-refractivity contribution in [2.75, 3.05) is 0 Å². The van der Waals surface area contributed by atoms with Crippen molar-refractivity contribution >= 4 is 11.8 Å². The van der Waals surface area contributed by atoms with E-state index in [1.54, 1.807) is 12.4 Å². The van der Waals surface area contributed by atoms with Crippen molar-refractivity contribution in [3.63, 3.8) is 0 Å². The topological polar surface area (TPSA) is 68.3 Å². The van der Waals surface area contributed by atoms with E-state index in [0.717, 1.165) is 34.5 Å². The fourth-order valence-electron chi connectivity index (χ4n) is 4.96. The highest BCUT2D eigenvalue weighted by Crippen LogP contribution is 2.45. The molecule has 0 unspecified atom stereocenters. The van der Waals surface area contributed by atoms with E-state index in [0.29, 0.717) is 17.6 Å². The van der Waals surface area contributed by atoms with Crippen molar-refractivity contribution in [3.05, 3.63) is 124 Å². The molecule has 1 aliphatic carbocycles. The molecule has 3 aromatic rings. The molecular formula is C29H26N2O3. The van der Waals surface area contributed by atoms with Gasteiger partial charge in [-0.15, -0.1) is 0 Å². The lowest BCUT2D eigenvalue weighted by Crippen LogP contribution is -2.36. The summed E-state index contributed by atoms with van der Waals surface area (Å²) in [6.45, 7) is 2.06. The second kappa shape index (κ2) is 9.48. The van der Waals surface area contributed by atoms with Gasteiger partial charge in [0.2, 0.25) is 0 Å². The van der Waals surface area contributed by atoms with Crippen LogP contribution in [0.2, 0.25) is 0 Å². The molecule has 1 aliphatic heterocycles. The van der Waals surface area contributed by atoms with Crippen LogP contribution in [0.3, 0.4) is 0 Å². The van der Waals surface area contributed by atoms with Crippen LogP contribution in [0.25, 0.3) is 0 Å². The average Bonchev–Trinajstić information content (AvgIpc) is 2.88. The van der Waals surface area contributed by atoms with Gasteiger partial charge in [-0.1, -0.05) is 60.7 Å². The van der Waals surface area contributed by atoms with Crippen molar-refractivity contribution in [3.8, 4) is 0 Å². The number of pyridine rings is 1. The number of aromatic nitrogens is 1. The zero-order valence-corrected chi connectivity index (χ0v) is 19.0. The summed E-state index contributed by atoms with van der Waals surface area (Å²) in [5.41, 5.74) is 5.69. The molecule has 1 N–H and O–H groups in total. The van der Waals surface area contributed by atoms with Gasteiger partial charge < -0.3 is 10.1 Å². The van der Waals surface area contributed by atoms with E-state index in [-0.39, 0.29) is 18.3 Å². The molecule has 5 rings (SSSR count). The molecule has 2 atom stereocenters. The molecule has 0 spiro atoms. The predicted octanol–water partition coefficient (Wildman–Crippen LogP) is 5.19. The van der Waals surface area contributed by atoms with Gasteiger partial charge in [-0.25, -0.2) is 4.79 Å². The number of nitrogens with zero attached hydrogens (tertiary/aromatic N) is 1. The molecule has 0 fully saturated rings. The summed E-state index contributed by atoms with van der Waals surface area (Å²) in [5, 5.41) is 3.40. The Bertz CT molecular complexity index is 1260. The molecule has 2 heterocycles. The van der Waals surface area contributed by atoms with Gasteiger partial charge in [-0.05, 0) is 48.1 Å². The first-order chi connectivity index (χ1) is 16.6. The van der Waals surface area contributed by atoms with Crippen molar-refractivity contribution in [1.82, 2.24) is 10.3 Å². The number of carbonyl (C=O) groups excluding carboxylic acids is 2. The molecular weight excluding hydrogens is 424 g/mol. The zero-order chi connectivity index (χ0) is 23.5. The fourth-order valence-corrected chi connectivity index (χ4v) is 4.96. The van der Waals surface area contributed by atoms with E-state index in [2.05, 4.69) is 22.4 Å². The second-order valence-corrected chi connectivity index (χ2v) is 8.77. The van der Waals surface area contributed by atoms with Crippen molar-refractivity contribution in [2.24, 2.45) is 0 Å². The van der Waals surface area contributed by atoms with Crippen LogP contribution in [0, 0.1) is 0 Å². The van der Waals surface area contributed by atoms with Crippen molar-refractivity contribution in [1.29, 1.82) is 0 Å². The molecule has 1 aromatic heterocycles. The lowest BCUT2D eigenvalue weighted by Gasteiger charge is -2.36. The monoisotopic (exact) mass is 450 g/mol. The van der Waals surface area contributed by atoms with Gasteiger partial charge in [0.15, 0.2) is 5.78 Å². The van der Waals surface area contributed by atoms with Crippen molar-refractivity contribution < 1.29 is 14.3 Å². The molecule has 0 bridgehead atoms. The second-order valence-electron chi connectivity index (χ2n) is 8.77. The number of carbonyl (C=O) groups is 2. The van der Waals surface area contributed by atoms with E-state index in [4.69, 9.17) is 4.74 Å². The zero-order valence-electron chi connectivity index (χ0n) is 19.0. The number of ether oxygens (including phenoxy) is 1. The third-order valence-corrected chi connectivity index (χ3v) is 6.57. The number of hydrogen-bond donors (Lipinski definition) is 1. The van der Waals surface area contributed by atoms with E-state index in [9.17, 15) is 9.59 Å². The van der Waals surface area contributed by atoms with E-state index >= 15 is 0 Å². The number of Topliss-reactive ketones (excluding diaryl/α,β-unsaturated/α-hetero) is 1. The highest BCUT2D eigenvalue weighted by molar-refractivity contribution is 6.04. The maximum absolute atomic E-state index is 13.6. The van der Waals surface area contributed by atoms with E-state index < -0.39 is 11.9 Å². The smallest absolute Gasteiger partial charge is 0.337 e. The molecule has 2 aromatic carbocycles. The first kappa shape index (κ1) is 21.8. The van der Waals surface area contributed by atoms with Crippen LogP contribution in [-0.4, -0.2) is 16.7 Å². The predicted molar refractivity (Wildman–Crippen MR) is 130 cm³/mol. The summed E-state index contributed by atoms with van der Waals surface area (Å²) in [7, 11) is 0. The largest absolute Gasteiger partial charge is 0.457 e. The van der Waals surface area contributed by atoms with Gasteiger partial charge in [-0.2, -0.15) is 0 Å². The van der Waals surface area contributed by atoms with Crippen LogP contribution in [0.4, 0.5) is 0 Å². The molecule has 170 valence electrons. The summed E-state index contributed by atoms with van der Waals surface area (Å²) in [6, 6.07) is 23.5. The van der Waals surface area contributed by atoms with Crippen LogP contribution in [0.5, 0.6) is 0 Å². The summed E-state index contributed by atoms with van der Waals surface area (Å²) in [5.74, 6) is -0.727. The Kier molecular flexibility index (Phi) is 6.09. The number of rotatable bonds is 5. The van der Waals surface area contributed by atoms with Gasteiger partial charge in [0.1, 0.15) is 6.61 Å². The highest BCUT2D eigenvalue weighted by Gasteiger charge is 2.41. The minimum Gasteiger partial charge on any atom is -0.457 e. The number of dihydropyridines is 1.